The minimum Gasteiger partial charge on any atom is -0.469 e. The van der Waals surface area contributed by atoms with Gasteiger partial charge in [0, 0.05) is 23.7 Å². The number of nitrogens with zero attached hydrogens (tertiary/aromatic N) is 1. The molecular weight excluding hydrogens is 338 g/mol. The van der Waals surface area contributed by atoms with Crippen LogP contribution in [0.5, 0.6) is 0 Å². The van der Waals surface area contributed by atoms with E-state index < -0.39 is 5.92 Å². The Morgan fingerprint density at radius 3 is 2.24 bits per heavy atom. The summed E-state index contributed by atoms with van der Waals surface area (Å²) in [4.78, 5) is 26.4. The van der Waals surface area contributed by atoms with E-state index in [0.29, 0.717) is 17.1 Å². The molecule has 0 heterocycles. The summed E-state index contributed by atoms with van der Waals surface area (Å²) in [7, 11) is 1.35. The zero-order chi connectivity index (χ0) is 18.4. The van der Waals surface area contributed by atoms with Crippen LogP contribution in [0.3, 0.4) is 0 Å². The van der Waals surface area contributed by atoms with Gasteiger partial charge in [0.1, 0.15) is 0 Å². The number of carbonyl (C=O) groups excluding carboxylic acids is 2. The van der Waals surface area contributed by atoms with E-state index in [2.05, 4.69) is 0 Å². The summed E-state index contributed by atoms with van der Waals surface area (Å²) in [6.45, 7) is 4.40. The fourth-order valence-electron chi connectivity index (χ4n) is 2.51. The van der Waals surface area contributed by atoms with Crippen LogP contribution in [-0.2, 0) is 16.1 Å². The monoisotopic (exact) mass is 359 g/mol. The fourth-order valence-corrected chi connectivity index (χ4v) is 2.64. The Kier molecular flexibility index (Phi) is 6.59. The Labute approximate surface area is 153 Å². The van der Waals surface area contributed by atoms with Gasteiger partial charge >= 0.3 is 5.97 Å². The number of rotatable bonds is 6. The molecule has 0 aliphatic rings. The summed E-state index contributed by atoms with van der Waals surface area (Å²) >= 11 is 5.92. The molecule has 0 aromatic heterocycles. The van der Waals surface area contributed by atoms with Gasteiger partial charge in [-0.25, -0.2) is 0 Å². The maximum atomic E-state index is 12.9. The highest BCUT2D eigenvalue weighted by Gasteiger charge is 2.22. The molecule has 1 unspecified atom stereocenters. The van der Waals surface area contributed by atoms with Crippen LogP contribution in [0, 0.1) is 12.8 Å². The number of esters is 1. The third kappa shape index (κ3) is 5.33. The summed E-state index contributed by atoms with van der Waals surface area (Å²) in [6.07, 6.45) is 0. The Morgan fingerprint density at radius 1 is 1.08 bits per heavy atom. The van der Waals surface area contributed by atoms with Gasteiger partial charge in [-0.05, 0) is 36.8 Å². The minimum atomic E-state index is -0.410. The van der Waals surface area contributed by atoms with Crippen molar-refractivity contribution in [3.8, 4) is 0 Å². The molecule has 0 N–H and O–H groups in total. The van der Waals surface area contributed by atoms with E-state index in [1.165, 1.54) is 7.11 Å². The second-order valence-corrected chi connectivity index (χ2v) is 6.54. The molecule has 2 aromatic rings. The molecule has 4 nitrogen and oxygen atoms in total. The molecule has 0 fully saturated rings. The molecule has 0 aliphatic heterocycles. The van der Waals surface area contributed by atoms with Gasteiger partial charge in [-0.3, -0.25) is 9.59 Å². The number of amides is 1. The van der Waals surface area contributed by atoms with Crippen LogP contribution in [0.25, 0.3) is 0 Å². The number of aryl methyl sites for hydroxylation is 1. The summed E-state index contributed by atoms with van der Waals surface area (Å²) in [5.74, 6) is -0.866. The van der Waals surface area contributed by atoms with Crippen molar-refractivity contribution in [3.05, 3.63) is 70.2 Å². The average Bonchev–Trinajstić information content (AvgIpc) is 2.62. The van der Waals surface area contributed by atoms with Gasteiger partial charge in [0.05, 0.1) is 13.0 Å². The molecule has 2 aromatic carbocycles. The SMILES string of the molecule is COC(=O)C(C)CN(Cc1ccc(Cl)cc1)C(=O)c1ccc(C)cc1. The van der Waals surface area contributed by atoms with Crippen molar-refractivity contribution in [3.63, 3.8) is 0 Å². The third-order valence-electron chi connectivity index (χ3n) is 3.97. The first-order valence-electron chi connectivity index (χ1n) is 8.09. The molecule has 5 heteroatoms. The number of benzene rings is 2. The number of hydrogen-bond acceptors (Lipinski definition) is 3. The van der Waals surface area contributed by atoms with Crippen LogP contribution in [0.15, 0.2) is 48.5 Å². The topological polar surface area (TPSA) is 46.6 Å². The first-order valence-corrected chi connectivity index (χ1v) is 8.46. The van der Waals surface area contributed by atoms with Crippen molar-refractivity contribution in [2.24, 2.45) is 5.92 Å². The quantitative estimate of drug-likeness (QED) is 0.729. The third-order valence-corrected chi connectivity index (χ3v) is 4.22. The van der Waals surface area contributed by atoms with E-state index >= 15 is 0 Å². The second-order valence-electron chi connectivity index (χ2n) is 6.10. The Hall–Kier alpha value is -2.33. The molecule has 0 saturated carbocycles. The zero-order valence-electron chi connectivity index (χ0n) is 14.7. The maximum Gasteiger partial charge on any atom is 0.310 e. The van der Waals surface area contributed by atoms with Crippen molar-refractivity contribution in [2.45, 2.75) is 20.4 Å². The van der Waals surface area contributed by atoms with Gasteiger partial charge in [-0.2, -0.15) is 0 Å². The largest absolute Gasteiger partial charge is 0.469 e. The minimum absolute atomic E-state index is 0.120. The van der Waals surface area contributed by atoms with E-state index in [4.69, 9.17) is 16.3 Å². The van der Waals surface area contributed by atoms with Gasteiger partial charge in [-0.15, -0.1) is 0 Å². The van der Waals surface area contributed by atoms with E-state index in [-0.39, 0.29) is 18.4 Å². The van der Waals surface area contributed by atoms with Crippen LogP contribution in [0.4, 0.5) is 0 Å². The van der Waals surface area contributed by atoms with Gasteiger partial charge < -0.3 is 9.64 Å². The van der Waals surface area contributed by atoms with Crippen molar-refractivity contribution in [1.29, 1.82) is 0 Å². The van der Waals surface area contributed by atoms with Crippen LogP contribution < -0.4 is 0 Å². The highest BCUT2D eigenvalue weighted by Crippen LogP contribution is 2.16. The summed E-state index contributed by atoms with van der Waals surface area (Å²) in [5.41, 5.74) is 2.63. The molecule has 25 heavy (non-hydrogen) atoms. The Balaban J connectivity index is 2.23. The molecule has 1 amide bonds. The first-order chi connectivity index (χ1) is 11.9. The Bertz CT molecular complexity index is 726. The molecule has 0 spiro atoms. The second kappa shape index (κ2) is 8.67. The molecule has 1 atom stereocenters. The molecule has 0 saturated heterocycles. The van der Waals surface area contributed by atoms with E-state index in [9.17, 15) is 9.59 Å². The zero-order valence-corrected chi connectivity index (χ0v) is 15.4. The van der Waals surface area contributed by atoms with Gasteiger partial charge in [0.2, 0.25) is 0 Å². The lowest BCUT2D eigenvalue weighted by atomic mass is 10.1. The number of hydrogen-bond donors (Lipinski definition) is 0. The van der Waals surface area contributed by atoms with Crippen molar-refractivity contribution in [1.82, 2.24) is 4.90 Å². The van der Waals surface area contributed by atoms with Crippen molar-refractivity contribution in [2.75, 3.05) is 13.7 Å². The molecule has 2 rings (SSSR count). The molecular formula is C20H22ClNO3. The lowest BCUT2D eigenvalue weighted by Crippen LogP contribution is -2.36. The van der Waals surface area contributed by atoms with Crippen LogP contribution in [-0.4, -0.2) is 30.4 Å². The van der Waals surface area contributed by atoms with Crippen LogP contribution in [0.2, 0.25) is 5.02 Å². The van der Waals surface area contributed by atoms with Gasteiger partial charge in [0.15, 0.2) is 0 Å². The predicted octanol–water partition coefficient (Wildman–Crippen LogP) is 4.10. The van der Waals surface area contributed by atoms with Crippen molar-refractivity contribution >= 4 is 23.5 Å². The maximum absolute atomic E-state index is 12.9. The number of halogens is 1. The summed E-state index contributed by atoms with van der Waals surface area (Å²) in [5, 5.41) is 0.642. The number of ether oxygens (including phenoxy) is 1. The summed E-state index contributed by atoms with van der Waals surface area (Å²) in [6, 6.07) is 14.7. The van der Waals surface area contributed by atoms with Crippen molar-refractivity contribution < 1.29 is 14.3 Å². The lowest BCUT2D eigenvalue weighted by molar-refractivity contribution is -0.145. The highest BCUT2D eigenvalue weighted by atomic mass is 35.5. The molecule has 0 bridgehead atoms. The van der Waals surface area contributed by atoms with Crippen LogP contribution in [0.1, 0.15) is 28.4 Å². The molecule has 0 aliphatic carbocycles. The molecule has 0 radical (unpaired) electrons. The average molecular weight is 360 g/mol. The predicted molar refractivity (Wildman–Crippen MR) is 98.6 cm³/mol. The van der Waals surface area contributed by atoms with E-state index in [0.717, 1.165) is 11.1 Å². The number of carbonyl (C=O) groups is 2. The first kappa shape index (κ1) is 19.0. The smallest absolute Gasteiger partial charge is 0.310 e. The van der Waals surface area contributed by atoms with Gasteiger partial charge in [0.25, 0.3) is 5.91 Å². The normalized spacial score (nSPS) is 11.7. The van der Waals surface area contributed by atoms with Gasteiger partial charge in [-0.1, -0.05) is 48.4 Å². The number of methoxy groups -OCH3 is 1. The Morgan fingerprint density at radius 2 is 1.68 bits per heavy atom. The van der Waals surface area contributed by atoms with E-state index in [1.807, 2.05) is 31.2 Å². The fraction of sp³-hybridized carbons (Fsp3) is 0.300. The molecule has 132 valence electrons. The lowest BCUT2D eigenvalue weighted by Gasteiger charge is -2.25. The standard InChI is InChI=1S/C20H22ClNO3/c1-14-4-8-17(9-5-14)19(23)22(12-15(2)20(24)25-3)13-16-6-10-18(21)11-7-16/h4-11,15H,12-13H2,1-3H3. The summed E-state index contributed by atoms with van der Waals surface area (Å²) < 4.78 is 4.79. The highest BCUT2D eigenvalue weighted by molar-refractivity contribution is 6.30. The van der Waals surface area contributed by atoms with E-state index in [1.54, 1.807) is 36.1 Å². The van der Waals surface area contributed by atoms with Crippen LogP contribution >= 0.6 is 11.6 Å².